The largest absolute Gasteiger partial charge is 0.338 e. The number of hydrogen-bond acceptors (Lipinski definition) is 5. The van der Waals surface area contributed by atoms with Gasteiger partial charge in [0.2, 0.25) is 0 Å². The summed E-state index contributed by atoms with van der Waals surface area (Å²) >= 11 is 18.2. The van der Waals surface area contributed by atoms with Gasteiger partial charge in [0.15, 0.2) is 5.82 Å². The Hall–Kier alpha value is -2.48. The first-order valence-corrected chi connectivity index (χ1v) is 7.87. The van der Waals surface area contributed by atoms with Crippen LogP contribution in [0.5, 0.6) is 0 Å². The average Bonchev–Trinajstić information content (AvgIpc) is 2.88. The van der Waals surface area contributed by atoms with Crippen molar-refractivity contribution in [2.45, 2.75) is 0 Å². The Morgan fingerprint density at radius 3 is 2.16 bits per heavy atom. The standard InChI is InChI=1S/C15H7Cl3N4O3/c16-7-5-10(17)12(11(18)6-7)13-14(20-21-15(13)23)19-8-1-3-9(4-2-8)22(24)25/h1-6,19H. The fourth-order valence-corrected chi connectivity index (χ4v) is 3.20. The third-order valence-electron chi connectivity index (χ3n) is 3.29. The molecule has 0 spiro atoms. The molecular weight excluding hydrogens is 391 g/mol. The summed E-state index contributed by atoms with van der Waals surface area (Å²) in [5, 5.41) is 21.6. The monoisotopic (exact) mass is 396 g/mol. The second kappa shape index (κ2) is 6.79. The molecule has 7 nitrogen and oxygen atoms in total. The number of carbonyl (C=O) groups is 1. The Balaban J connectivity index is 2.02. The maximum absolute atomic E-state index is 12.1. The van der Waals surface area contributed by atoms with E-state index in [9.17, 15) is 14.9 Å². The number of amides is 1. The number of carbonyl (C=O) groups excluding carboxylic acids is 1. The highest BCUT2D eigenvalue weighted by atomic mass is 35.5. The number of hydrogen-bond donors (Lipinski definition) is 1. The number of non-ortho nitro benzene ring substituents is 1. The molecule has 126 valence electrons. The van der Waals surface area contributed by atoms with Crippen molar-refractivity contribution >= 4 is 57.7 Å². The number of halogens is 3. The second-order valence-corrected chi connectivity index (χ2v) is 6.15. The zero-order valence-corrected chi connectivity index (χ0v) is 14.4. The number of nitro groups is 1. The predicted molar refractivity (Wildman–Crippen MR) is 95.0 cm³/mol. The molecule has 0 saturated carbocycles. The first-order chi connectivity index (χ1) is 11.9. The molecule has 0 bridgehead atoms. The molecule has 0 aliphatic carbocycles. The number of nitrogens with one attached hydrogen (secondary N) is 1. The van der Waals surface area contributed by atoms with E-state index < -0.39 is 10.8 Å². The lowest BCUT2D eigenvalue weighted by molar-refractivity contribution is -0.384. The van der Waals surface area contributed by atoms with E-state index in [1.165, 1.54) is 36.4 Å². The van der Waals surface area contributed by atoms with Crippen molar-refractivity contribution in [3.05, 3.63) is 73.0 Å². The maximum Gasteiger partial charge on any atom is 0.300 e. The summed E-state index contributed by atoms with van der Waals surface area (Å²) in [6, 6.07) is 8.49. The summed E-state index contributed by atoms with van der Waals surface area (Å²) in [5.41, 5.74) is 0.762. The molecule has 0 unspecified atom stereocenters. The van der Waals surface area contributed by atoms with Crippen LogP contribution in [0.25, 0.3) is 5.57 Å². The molecule has 2 aromatic carbocycles. The molecule has 1 aliphatic heterocycles. The van der Waals surface area contributed by atoms with E-state index in [0.29, 0.717) is 10.7 Å². The highest BCUT2D eigenvalue weighted by Crippen LogP contribution is 2.38. The van der Waals surface area contributed by atoms with E-state index in [2.05, 4.69) is 15.5 Å². The summed E-state index contributed by atoms with van der Waals surface area (Å²) in [4.78, 5) is 22.3. The summed E-state index contributed by atoms with van der Waals surface area (Å²) in [6.07, 6.45) is 0. The zero-order valence-electron chi connectivity index (χ0n) is 12.2. The first-order valence-electron chi connectivity index (χ1n) is 6.73. The van der Waals surface area contributed by atoms with Crippen molar-refractivity contribution in [3.8, 4) is 0 Å². The van der Waals surface area contributed by atoms with Gasteiger partial charge < -0.3 is 5.32 Å². The van der Waals surface area contributed by atoms with E-state index in [1.54, 1.807) is 0 Å². The Morgan fingerprint density at radius 1 is 1.00 bits per heavy atom. The minimum Gasteiger partial charge on any atom is -0.338 e. The Kier molecular flexibility index (Phi) is 4.71. The molecule has 0 aromatic heterocycles. The van der Waals surface area contributed by atoms with E-state index >= 15 is 0 Å². The van der Waals surface area contributed by atoms with Gasteiger partial charge in [-0.3, -0.25) is 14.9 Å². The van der Waals surface area contributed by atoms with Crippen molar-refractivity contribution in [2.24, 2.45) is 10.2 Å². The van der Waals surface area contributed by atoms with Crippen LogP contribution in [0.2, 0.25) is 15.1 Å². The van der Waals surface area contributed by atoms with Crippen LogP contribution in [-0.4, -0.2) is 10.8 Å². The van der Waals surface area contributed by atoms with Crippen LogP contribution in [0.1, 0.15) is 5.56 Å². The molecule has 0 fully saturated rings. The quantitative estimate of drug-likeness (QED) is 0.557. The topological polar surface area (TPSA) is 97.0 Å². The van der Waals surface area contributed by atoms with Crippen LogP contribution in [0.15, 0.2) is 52.4 Å². The van der Waals surface area contributed by atoms with Crippen molar-refractivity contribution in [2.75, 3.05) is 5.32 Å². The number of benzene rings is 2. The average molecular weight is 398 g/mol. The van der Waals surface area contributed by atoms with Crippen LogP contribution >= 0.6 is 34.8 Å². The molecule has 10 heteroatoms. The summed E-state index contributed by atoms with van der Waals surface area (Å²) in [5.74, 6) is -0.486. The molecule has 2 aromatic rings. The third-order valence-corrected chi connectivity index (χ3v) is 4.10. The van der Waals surface area contributed by atoms with Crippen LogP contribution in [0.3, 0.4) is 0 Å². The van der Waals surface area contributed by atoms with E-state index in [1.807, 2.05) is 0 Å². The molecule has 1 aliphatic rings. The molecule has 0 radical (unpaired) electrons. The normalized spacial score (nSPS) is 13.5. The second-order valence-electron chi connectivity index (χ2n) is 4.90. The van der Waals surface area contributed by atoms with E-state index in [4.69, 9.17) is 34.8 Å². The van der Waals surface area contributed by atoms with Crippen LogP contribution in [-0.2, 0) is 4.79 Å². The summed E-state index contributed by atoms with van der Waals surface area (Å²) in [7, 11) is 0. The lowest BCUT2D eigenvalue weighted by Crippen LogP contribution is -2.04. The number of nitrogens with zero attached hydrogens (tertiary/aromatic N) is 3. The van der Waals surface area contributed by atoms with Crippen LogP contribution < -0.4 is 5.32 Å². The smallest absolute Gasteiger partial charge is 0.300 e. The van der Waals surface area contributed by atoms with Gasteiger partial charge in [-0.15, -0.1) is 10.2 Å². The number of azo groups is 1. The van der Waals surface area contributed by atoms with Gasteiger partial charge in [-0.1, -0.05) is 34.8 Å². The minimum absolute atomic E-state index is 0.0623. The molecule has 25 heavy (non-hydrogen) atoms. The van der Waals surface area contributed by atoms with Gasteiger partial charge in [0.1, 0.15) is 0 Å². The Morgan fingerprint density at radius 2 is 1.60 bits per heavy atom. The molecule has 1 N–H and O–H groups in total. The summed E-state index contributed by atoms with van der Waals surface area (Å²) in [6.45, 7) is 0. The van der Waals surface area contributed by atoms with Gasteiger partial charge in [0.25, 0.3) is 11.6 Å². The first kappa shape index (κ1) is 17.3. The Labute approximate surface area is 156 Å². The predicted octanol–water partition coefficient (Wildman–Crippen LogP) is 5.33. The minimum atomic E-state index is -0.615. The van der Waals surface area contributed by atoms with Gasteiger partial charge in [-0.25, -0.2) is 0 Å². The van der Waals surface area contributed by atoms with Crippen LogP contribution in [0, 0.1) is 10.1 Å². The molecular formula is C15H7Cl3N4O3. The fraction of sp³-hybridized carbons (Fsp3) is 0. The maximum atomic E-state index is 12.1. The molecule has 3 rings (SSSR count). The van der Waals surface area contributed by atoms with Gasteiger partial charge >= 0.3 is 0 Å². The molecule has 1 amide bonds. The molecule has 1 heterocycles. The van der Waals surface area contributed by atoms with E-state index in [-0.39, 0.29) is 32.7 Å². The number of rotatable bonds is 4. The van der Waals surface area contributed by atoms with Gasteiger partial charge in [-0.2, -0.15) is 0 Å². The van der Waals surface area contributed by atoms with Crippen molar-refractivity contribution in [3.63, 3.8) is 0 Å². The number of nitro benzene ring substituents is 1. The van der Waals surface area contributed by atoms with E-state index in [0.717, 1.165) is 0 Å². The molecule has 0 atom stereocenters. The van der Waals surface area contributed by atoms with Crippen molar-refractivity contribution in [1.82, 2.24) is 0 Å². The van der Waals surface area contributed by atoms with Crippen LogP contribution in [0.4, 0.5) is 11.4 Å². The SMILES string of the molecule is O=C1N=NC(Nc2ccc([N+](=O)[O-])cc2)=C1c1c(Cl)cc(Cl)cc1Cl. The Bertz CT molecular complexity index is 932. The lowest BCUT2D eigenvalue weighted by Gasteiger charge is -2.10. The number of anilines is 1. The van der Waals surface area contributed by atoms with Gasteiger partial charge in [0, 0.05) is 28.4 Å². The third kappa shape index (κ3) is 3.48. The highest BCUT2D eigenvalue weighted by Gasteiger charge is 2.27. The highest BCUT2D eigenvalue weighted by molar-refractivity contribution is 6.43. The van der Waals surface area contributed by atoms with Crippen molar-refractivity contribution in [1.29, 1.82) is 0 Å². The summed E-state index contributed by atoms with van der Waals surface area (Å²) < 4.78 is 0. The zero-order chi connectivity index (χ0) is 18.1. The molecule has 0 saturated heterocycles. The van der Waals surface area contributed by atoms with Gasteiger partial charge in [-0.05, 0) is 24.3 Å². The lowest BCUT2D eigenvalue weighted by atomic mass is 10.1. The van der Waals surface area contributed by atoms with Gasteiger partial charge in [0.05, 0.1) is 20.5 Å². The van der Waals surface area contributed by atoms with Crippen molar-refractivity contribution < 1.29 is 9.72 Å². The fourth-order valence-electron chi connectivity index (χ4n) is 2.19.